The molecule has 0 N–H and O–H groups in total. The van der Waals surface area contributed by atoms with Crippen molar-refractivity contribution in [3.8, 4) is 0 Å². The van der Waals surface area contributed by atoms with Gasteiger partial charge in [-0.05, 0) is 43.2 Å². The van der Waals surface area contributed by atoms with Gasteiger partial charge in [0.25, 0.3) is 5.91 Å². The van der Waals surface area contributed by atoms with Crippen molar-refractivity contribution in [3.05, 3.63) is 45.1 Å². The normalized spacial score (nSPS) is 15.2. The van der Waals surface area contributed by atoms with Crippen LogP contribution in [0, 0.1) is 6.92 Å². The van der Waals surface area contributed by atoms with E-state index >= 15 is 0 Å². The van der Waals surface area contributed by atoms with Gasteiger partial charge in [-0.15, -0.1) is 11.3 Å². The van der Waals surface area contributed by atoms with Crippen LogP contribution in [-0.4, -0.2) is 55.2 Å². The molecule has 0 saturated carbocycles. The van der Waals surface area contributed by atoms with Crippen LogP contribution in [0.2, 0.25) is 4.34 Å². The predicted octanol–water partition coefficient (Wildman–Crippen LogP) is 4.69. The highest BCUT2D eigenvalue weighted by Crippen LogP contribution is 2.32. The average molecular weight is 436 g/mol. The first-order valence-electron chi connectivity index (χ1n) is 9.35. The lowest BCUT2D eigenvalue weighted by molar-refractivity contribution is 0.0376. The second kappa shape index (κ2) is 8.88. The van der Waals surface area contributed by atoms with E-state index in [-0.39, 0.29) is 5.91 Å². The van der Waals surface area contributed by atoms with Crippen LogP contribution in [-0.2, 0) is 4.74 Å². The van der Waals surface area contributed by atoms with E-state index in [9.17, 15) is 4.79 Å². The summed E-state index contributed by atoms with van der Waals surface area (Å²) in [7, 11) is 0. The van der Waals surface area contributed by atoms with Gasteiger partial charge in [0.2, 0.25) is 0 Å². The van der Waals surface area contributed by atoms with E-state index in [1.165, 1.54) is 16.9 Å². The number of rotatable bonds is 6. The number of nitrogens with zero attached hydrogens (tertiary/aromatic N) is 3. The molecule has 3 heterocycles. The lowest BCUT2D eigenvalue weighted by Gasteiger charge is -2.27. The molecule has 28 heavy (non-hydrogen) atoms. The molecule has 1 aromatic carbocycles. The summed E-state index contributed by atoms with van der Waals surface area (Å²) < 4.78 is 7.14. The van der Waals surface area contributed by atoms with E-state index in [2.05, 4.69) is 24.0 Å². The third kappa shape index (κ3) is 4.55. The molecule has 1 aliphatic rings. The van der Waals surface area contributed by atoms with Gasteiger partial charge in [0.05, 0.1) is 32.6 Å². The molecule has 0 atom stereocenters. The SMILES string of the molecule is Cc1ccc2nc(N(CCCN3CCOCC3)C(=O)c3ccc(Cl)s3)sc2c1. The number of carbonyl (C=O) groups excluding carboxylic acids is 1. The minimum absolute atomic E-state index is 0.0327. The van der Waals surface area contributed by atoms with Gasteiger partial charge in [-0.25, -0.2) is 4.98 Å². The van der Waals surface area contributed by atoms with Crippen molar-refractivity contribution in [2.75, 3.05) is 44.3 Å². The van der Waals surface area contributed by atoms with Gasteiger partial charge in [-0.1, -0.05) is 29.0 Å². The summed E-state index contributed by atoms with van der Waals surface area (Å²) in [5.41, 5.74) is 2.12. The number of carbonyl (C=O) groups is 1. The molecule has 2 aromatic heterocycles. The molecule has 0 spiro atoms. The number of halogens is 1. The largest absolute Gasteiger partial charge is 0.379 e. The van der Waals surface area contributed by atoms with Gasteiger partial charge < -0.3 is 4.74 Å². The van der Waals surface area contributed by atoms with Crippen molar-refractivity contribution in [1.29, 1.82) is 0 Å². The van der Waals surface area contributed by atoms with E-state index < -0.39 is 0 Å². The van der Waals surface area contributed by atoms with Crippen molar-refractivity contribution in [1.82, 2.24) is 9.88 Å². The zero-order valence-corrected chi connectivity index (χ0v) is 18.1. The fourth-order valence-corrected chi connectivity index (χ4v) is 5.34. The molecule has 1 amide bonds. The molecule has 148 valence electrons. The van der Waals surface area contributed by atoms with E-state index in [1.54, 1.807) is 23.5 Å². The third-order valence-electron chi connectivity index (χ3n) is 4.75. The van der Waals surface area contributed by atoms with Crippen molar-refractivity contribution < 1.29 is 9.53 Å². The smallest absolute Gasteiger partial charge is 0.270 e. The average Bonchev–Trinajstić information content (AvgIpc) is 3.31. The lowest BCUT2D eigenvalue weighted by Crippen LogP contribution is -2.39. The van der Waals surface area contributed by atoms with Crippen LogP contribution in [0.5, 0.6) is 0 Å². The van der Waals surface area contributed by atoms with Crippen molar-refractivity contribution in [2.24, 2.45) is 0 Å². The van der Waals surface area contributed by atoms with Gasteiger partial charge in [0, 0.05) is 26.2 Å². The maximum atomic E-state index is 13.2. The Morgan fingerprint density at radius 1 is 1.25 bits per heavy atom. The van der Waals surface area contributed by atoms with Crippen LogP contribution in [0.4, 0.5) is 5.13 Å². The van der Waals surface area contributed by atoms with Crippen molar-refractivity contribution in [3.63, 3.8) is 0 Å². The molecule has 1 fully saturated rings. The Hall–Kier alpha value is -1.51. The fraction of sp³-hybridized carbons (Fsp3) is 0.400. The maximum absolute atomic E-state index is 13.2. The number of ether oxygens (including phenoxy) is 1. The summed E-state index contributed by atoms with van der Waals surface area (Å²) in [6, 6.07) is 9.75. The van der Waals surface area contributed by atoms with Gasteiger partial charge in [-0.3, -0.25) is 14.6 Å². The highest BCUT2D eigenvalue weighted by Gasteiger charge is 2.23. The van der Waals surface area contributed by atoms with Gasteiger partial charge >= 0.3 is 0 Å². The van der Waals surface area contributed by atoms with Crippen LogP contribution in [0.3, 0.4) is 0 Å². The fourth-order valence-electron chi connectivity index (χ4n) is 3.26. The van der Waals surface area contributed by atoms with E-state index in [0.29, 0.717) is 15.8 Å². The lowest BCUT2D eigenvalue weighted by atomic mass is 10.2. The molecule has 1 aliphatic heterocycles. The van der Waals surface area contributed by atoms with Crippen LogP contribution >= 0.6 is 34.3 Å². The molecule has 0 unspecified atom stereocenters. The Morgan fingerprint density at radius 3 is 2.82 bits per heavy atom. The number of hydrogen-bond donors (Lipinski definition) is 0. The number of morpholine rings is 1. The van der Waals surface area contributed by atoms with Gasteiger partial charge in [0.15, 0.2) is 5.13 Å². The summed E-state index contributed by atoms with van der Waals surface area (Å²) in [5.74, 6) is -0.0327. The summed E-state index contributed by atoms with van der Waals surface area (Å²) in [6.07, 6.45) is 0.889. The number of benzene rings is 1. The highest BCUT2D eigenvalue weighted by molar-refractivity contribution is 7.22. The quantitative estimate of drug-likeness (QED) is 0.563. The number of hydrogen-bond acceptors (Lipinski definition) is 6. The third-order valence-corrected chi connectivity index (χ3v) is 7.01. The summed E-state index contributed by atoms with van der Waals surface area (Å²) >= 11 is 8.94. The number of amides is 1. The topological polar surface area (TPSA) is 45.7 Å². The minimum atomic E-state index is -0.0327. The highest BCUT2D eigenvalue weighted by atomic mass is 35.5. The number of anilines is 1. The summed E-state index contributed by atoms with van der Waals surface area (Å²) in [4.78, 5) is 22.8. The summed E-state index contributed by atoms with van der Waals surface area (Å²) in [6.45, 7) is 7.12. The molecular weight excluding hydrogens is 414 g/mol. The first-order chi connectivity index (χ1) is 13.6. The second-order valence-corrected chi connectivity index (χ2v) is 9.56. The Bertz CT molecular complexity index is 965. The zero-order chi connectivity index (χ0) is 19.5. The number of thiazole rings is 1. The Balaban J connectivity index is 1.55. The Morgan fingerprint density at radius 2 is 2.07 bits per heavy atom. The molecule has 0 bridgehead atoms. The molecule has 5 nitrogen and oxygen atoms in total. The molecule has 0 radical (unpaired) electrons. The van der Waals surface area contributed by atoms with Crippen molar-refractivity contribution in [2.45, 2.75) is 13.3 Å². The first kappa shape index (κ1) is 19.8. The molecule has 1 saturated heterocycles. The van der Waals surface area contributed by atoms with E-state index in [4.69, 9.17) is 21.3 Å². The number of aromatic nitrogens is 1. The predicted molar refractivity (Wildman–Crippen MR) is 117 cm³/mol. The molecule has 4 rings (SSSR count). The van der Waals surface area contributed by atoms with Crippen LogP contribution in [0.1, 0.15) is 21.7 Å². The Kier molecular flexibility index (Phi) is 6.28. The molecule has 3 aromatic rings. The maximum Gasteiger partial charge on any atom is 0.270 e. The van der Waals surface area contributed by atoms with Crippen molar-refractivity contribution >= 4 is 55.5 Å². The van der Waals surface area contributed by atoms with E-state index in [0.717, 1.165) is 54.6 Å². The summed E-state index contributed by atoms with van der Waals surface area (Å²) in [5, 5.41) is 0.747. The molecule has 0 aliphatic carbocycles. The van der Waals surface area contributed by atoms with Gasteiger partial charge in [0.1, 0.15) is 0 Å². The second-order valence-electron chi connectivity index (χ2n) is 6.84. The minimum Gasteiger partial charge on any atom is -0.379 e. The number of thiophene rings is 1. The van der Waals surface area contributed by atoms with Crippen LogP contribution in [0.15, 0.2) is 30.3 Å². The number of aryl methyl sites for hydroxylation is 1. The molecular formula is C20H22ClN3O2S2. The van der Waals surface area contributed by atoms with Crippen LogP contribution < -0.4 is 4.90 Å². The molecule has 8 heteroatoms. The Labute approximate surface area is 177 Å². The standard InChI is InChI=1S/C20H22ClN3O2S2/c1-14-3-4-15-17(13-14)28-20(22-15)24(19(25)16-5-6-18(21)27-16)8-2-7-23-9-11-26-12-10-23/h3-6,13H,2,7-12H2,1H3. The van der Waals surface area contributed by atoms with E-state index in [1.807, 2.05) is 11.0 Å². The number of fused-ring (bicyclic) bond motifs is 1. The zero-order valence-electron chi connectivity index (χ0n) is 15.7. The van der Waals surface area contributed by atoms with Crippen LogP contribution in [0.25, 0.3) is 10.2 Å². The monoisotopic (exact) mass is 435 g/mol. The first-order valence-corrected chi connectivity index (χ1v) is 11.4. The van der Waals surface area contributed by atoms with Gasteiger partial charge in [-0.2, -0.15) is 0 Å².